The Kier molecular flexibility index (Phi) is 4.82. The molecule has 18 heavy (non-hydrogen) atoms. The second-order valence-electron chi connectivity index (χ2n) is 2.73. The third-order valence-electron chi connectivity index (χ3n) is 1.72. The zero-order valence-electron chi connectivity index (χ0n) is 8.24. The molecule has 0 unspecified atom stereocenters. The van der Waals surface area contributed by atoms with Crippen LogP contribution in [0.2, 0.25) is 0 Å². The molecule has 0 aromatic carbocycles. The molecule has 10 heteroatoms. The van der Waals surface area contributed by atoms with Crippen LogP contribution in [0.4, 0.5) is 0 Å². The highest BCUT2D eigenvalue weighted by Gasteiger charge is 2.33. The maximum Gasteiger partial charge on any atom is 0.346 e. The number of rotatable bonds is 4. The molecule has 0 saturated heterocycles. The van der Waals surface area contributed by atoms with Gasteiger partial charge in [0.1, 0.15) is 20.9 Å². The van der Waals surface area contributed by atoms with Gasteiger partial charge in [0.05, 0.1) is 0 Å². The van der Waals surface area contributed by atoms with E-state index in [4.69, 9.17) is 20.4 Å². The first-order valence-corrected chi connectivity index (χ1v) is 4.69. The Morgan fingerprint density at radius 3 is 1.11 bits per heavy atom. The average Bonchev–Trinajstić information content (AvgIpc) is 2.56. The van der Waals surface area contributed by atoms with Crippen LogP contribution in [0.25, 0.3) is 0 Å². The van der Waals surface area contributed by atoms with Crippen LogP contribution in [0.1, 0.15) is 40.1 Å². The van der Waals surface area contributed by atoms with Gasteiger partial charge in [-0.15, -0.1) is 23.7 Å². The monoisotopic (exact) mass is 296 g/mol. The van der Waals surface area contributed by atoms with Crippen molar-refractivity contribution in [2.24, 2.45) is 0 Å². The maximum atomic E-state index is 10.8. The lowest BCUT2D eigenvalue weighted by molar-refractivity contribution is 0.0628. The van der Waals surface area contributed by atoms with Gasteiger partial charge in [-0.2, -0.15) is 0 Å². The van der Waals surface area contributed by atoms with E-state index in [1.807, 2.05) is 0 Å². The van der Waals surface area contributed by atoms with Crippen LogP contribution in [0.3, 0.4) is 0 Å². The van der Waals surface area contributed by atoms with Crippen LogP contribution in [-0.4, -0.2) is 44.3 Å². The normalized spacial score (nSPS) is 9.33. The van der Waals surface area contributed by atoms with E-state index in [2.05, 4.69) is 0 Å². The summed E-state index contributed by atoms with van der Waals surface area (Å²) in [4.78, 5) is 41.3. The van der Waals surface area contributed by atoms with Crippen molar-refractivity contribution < 1.29 is 39.6 Å². The summed E-state index contributed by atoms with van der Waals surface area (Å²) < 4.78 is 0. The number of carbonyl (C=O) groups is 4. The summed E-state index contributed by atoms with van der Waals surface area (Å²) in [5.41, 5.74) is -2.04. The summed E-state index contributed by atoms with van der Waals surface area (Å²) in [7, 11) is 0. The lowest BCUT2D eigenvalue weighted by Crippen LogP contribution is -2.12. The molecule has 0 atom stereocenters. The first-order valence-electron chi connectivity index (χ1n) is 3.87. The minimum Gasteiger partial charge on any atom is -0.478 e. The van der Waals surface area contributed by atoms with Crippen molar-refractivity contribution in [3.63, 3.8) is 0 Å². The molecule has 1 rings (SSSR count). The Balaban J connectivity index is 0.00000289. The zero-order chi connectivity index (χ0) is 13.3. The summed E-state index contributed by atoms with van der Waals surface area (Å²) in [6.07, 6.45) is 0. The van der Waals surface area contributed by atoms with Gasteiger partial charge in [-0.25, -0.2) is 19.2 Å². The molecule has 0 spiro atoms. The van der Waals surface area contributed by atoms with Gasteiger partial charge in [0.15, 0.2) is 0 Å². The van der Waals surface area contributed by atoms with Crippen LogP contribution in [0.15, 0.2) is 0 Å². The van der Waals surface area contributed by atoms with Crippen molar-refractivity contribution in [1.82, 2.24) is 0 Å². The van der Waals surface area contributed by atoms with E-state index in [-0.39, 0.29) is 23.7 Å². The molecule has 1 heterocycles. The number of carboxylic acids is 4. The number of carboxylic acid groups (broad SMARTS) is 4. The predicted molar refractivity (Wildman–Crippen MR) is 59.4 cm³/mol. The number of hydrogen-bond donors (Lipinski definition) is 4. The van der Waals surface area contributed by atoms with E-state index < -0.39 is 44.8 Å². The Bertz CT molecular complexity index is 499. The SMILES string of the molecule is Cl.O=C(O)c1sc(C(=O)O)c(C(=O)O)c1C(=O)O. The third-order valence-corrected chi connectivity index (χ3v) is 2.89. The van der Waals surface area contributed by atoms with Crippen LogP contribution in [0, 0.1) is 0 Å². The number of thiophene rings is 1. The van der Waals surface area contributed by atoms with Gasteiger partial charge in [-0.1, -0.05) is 0 Å². The highest BCUT2D eigenvalue weighted by atomic mass is 35.5. The van der Waals surface area contributed by atoms with Crippen LogP contribution in [0.5, 0.6) is 0 Å². The molecule has 1 aromatic rings. The highest BCUT2D eigenvalue weighted by molar-refractivity contribution is 7.16. The summed E-state index contributed by atoms with van der Waals surface area (Å²) in [6, 6.07) is 0. The fourth-order valence-electron chi connectivity index (χ4n) is 1.14. The quantitative estimate of drug-likeness (QED) is 0.641. The second-order valence-corrected chi connectivity index (χ2v) is 3.75. The van der Waals surface area contributed by atoms with E-state index in [0.29, 0.717) is 0 Å². The molecule has 98 valence electrons. The minimum absolute atomic E-state index is 0. The fourth-order valence-corrected chi connectivity index (χ4v) is 2.10. The largest absolute Gasteiger partial charge is 0.478 e. The minimum atomic E-state index is -1.80. The van der Waals surface area contributed by atoms with Gasteiger partial charge in [0, 0.05) is 0 Å². The van der Waals surface area contributed by atoms with Crippen LogP contribution < -0.4 is 0 Å². The number of halogens is 1. The Morgan fingerprint density at radius 2 is 0.944 bits per heavy atom. The summed E-state index contributed by atoms with van der Waals surface area (Å²) >= 11 is 0.0982. The molecule has 0 aliphatic heterocycles. The summed E-state index contributed by atoms with van der Waals surface area (Å²) in [5, 5.41) is 34.8. The molecule has 0 aliphatic rings. The van der Waals surface area contributed by atoms with Crippen molar-refractivity contribution in [3.8, 4) is 0 Å². The third kappa shape index (κ3) is 2.57. The van der Waals surface area contributed by atoms with Crippen molar-refractivity contribution in [3.05, 3.63) is 20.9 Å². The van der Waals surface area contributed by atoms with E-state index in [1.165, 1.54) is 0 Å². The Labute approximate surface area is 109 Å². The van der Waals surface area contributed by atoms with Gasteiger partial charge in [-0.05, 0) is 0 Å². The smallest absolute Gasteiger partial charge is 0.346 e. The van der Waals surface area contributed by atoms with Gasteiger partial charge >= 0.3 is 23.9 Å². The first-order chi connectivity index (χ1) is 7.77. The molecule has 8 nitrogen and oxygen atoms in total. The average molecular weight is 297 g/mol. The van der Waals surface area contributed by atoms with Crippen LogP contribution >= 0.6 is 23.7 Å². The van der Waals surface area contributed by atoms with Crippen molar-refractivity contribution in [2.45, 2.75) is 0 Å². The standard InChI is InChI=1S/C8H4O8S.ClH/c9-5(10)1-2(6(11)12)4(8(15)16)17-3(1)7(13)14;/h(H,9,10)(H,11,12)(H,13,14)(H,15,16);1H. The first kappa shape index (κ1) is 15.9. The lowest BCUT2D eigenvalue weighted by atomic mass is 10.1. The van der Waals surface area contributed by atoms with Crippen molar-refractivity contribution >= 4 is 47.6 Å². The van der Waals surface area contributed by atoms with Gasteiger partial charge in [0.25, 0.3) is 0 Å². The van der Waals surface area contributed by atoms with E-state index in [9.17, 15) is 19.2 Å². The van der Waals surface area contributed by atoms with E-state index in [1.54, 1.807) is 0 Å². The van der Waals surface area contributed by atoms with Crippen molar-refractivity contribution in [1.29, 1.82) is 0 Å². The fraction of sp³-hybridized carbons (Fsp3) is 0. The molecule has 0 bridgehead atoms. The summed E-state index contributed by atoms with van der Waals surface area (Å²) in [6.45, 7) is 0. The van der Waals surface area contributed by atoms with E-state index in [0.717, 1.165) is 0 Å². The number of aromatic carboxylic acids is 4. The topological polar surface area (TPSA) is 149 Å². The lowest BCUT2D eigenvalue weighted by Gasteiger charge is -1.96. The molecule has 4 N–H and O–H groups in total. The summed E-state index contributed by atoms with van der Waals surface area (Å²) in [5.74, 6) is -6.99. The number of hydrogen-bond acceptors (Lipinski definition) is 5. The highest BCUT2D eigenvalue weighted by Crippen LogP contribution is 2.29. The molecule has 0 aliphatic carbocycles. The molecule has 1 aromatic heterocycles. The molecule has 0 radical (unpaired) electrons. The molecular formula is C8H5ClO8S. The molecular weight excluding hydrogens is 292 g/mol. The van der Waals surface area contributed by atoms with Gasteiger partial charge in [0.2, 0.25) is 0 Å². The zero-order valence-corrected chi connectivity index (χ0v) is 9.87. The van der Waals surface area contributed by atoms with E-state index >= 15 is 0 Å². The van der Waals surface area contributed by atoms with Gasteiger partial charge < -0.3 is 20.4 Å². The van der Waals surface area contributed by atoms with Crippen molar-refractivity contribution in [2.75, 3.05) is 0 Å². The second kappa shape index (κ2) is 5.47. The molecule has 0 amide bonds. The molecule has 0 saturated carbocycles. The maximum absolute atomic E-state index is 10.8. The Morgan fingerprint density at radius 1 is 0.667 bits per heavy atom. The molecule has 0 fully saturated rings. The van der Waals surface area contributed by atoms with Crippen LogP contribution in [-0.2, 0) is 0 Å². The van der Waals surface area contributed by atoms with Gasteiger partial charge in [-0.3, -0.25) is 0 Å². The Hall–Kier alpha value is -2.13. The predicted octanol–water partition coefficient (Wildman–Crippen LogP) is 0.963.